The van der Waals surface area contributed by atoms with Crippen molar-refractivity contribution in [2.24, 2.45) is 5.10 Å². The number of fused-ring (bicyclic) bond motifs is 2. The normalized spacial score (nSPS) is 16.4. The van der Waals surface area contributed by atoms with Crippen LogP contribution in [0, 0.1) is 0 Å². The third-order valence-corrected chi connectivity index (χ3v) is 5.46. The Hall–Kier alpha value is -3.13. The minimum absolute atomic E-state index is 0.261. The fourth-order valence-electron chi connectivity index (χ4n) is 3.93. The summed E-state index contributed by atoms with van der Waals surface area (Å²) in [5, 5.41) is 20.8. The number of rotatable bonds is 4. The average molecular weight is 387 g/mol. The number of hydrazone groups is 1. The van der Waals surface area contributed by atoms with E-state index in [4.69, 9.17) is 9.72 Å². The number of aromatic nitrogens is 2. The van der Waals surface area contributed by atoms with Gasteiger partial charge in [0.2, 0.25) is 5.95 Å². The standard InChI is InChI=1S/C21H22BN5O2/c28-22-18-11-16(10-9-14(18)13-24-27-22)25-21-23-12-15-5-4-8-19(20(15)26-21)29-17-6-2-1-3-7-17/h4-5,8-13,17,27-28H,1-3,6-7H2,(H,23,25,26). The van der Waals surface area contributed by atoms with Crippen molar-refractivity contribution in [1.29, 1.82) is 0 Å². The molecule has 8 heteroatoms. The summed E-state index contributed by atoms with van der Waals surface area (Å²) in [7, 11) is -0.829. The van der Waals surface area contributed by atoms with Crippen molar-refractivity contribution in [1.82, 2.24) is 15.3 Å². The van der Waals surface area contributed by atoms with Gasteiger partial charge in [-0.25, -0.2) is 9.97 Å². The molecule has 3 aromatic rings. The average Bonchev–Trinajstić information content (AvgIpc) is 2.76. The highest BCUT2D eigenvalue weighted by atomic mass is 16.5. The first-order valence-corrected chi connectivity index (χ1v) is 10.1. The SMILES string of the molecule is OB1NN=Cc2ccc(Nc3ncc4cccc(OC5CCCCC5)c4n3)cc21. The molecule has 146 valence electrons. The molecular formula is C21H22BN5O2. The minimum atomic E-state index is -0.829. The first-order chi connectivity index (χ1) is 14.3. The monoisotopic (exact) mass is 387 g/mol. The maximum Gasteiger partial charge on any atom is 0.464 e. The van der Waals surface area contributed by atoms with Crippen molar-refractivity contribution in [3.05, 3.63) is 48.2 Å². The lowest BCUT2D eigenvalue weighted by atomic mass is 9.71. The van der Waals surface area contributed by atoms with Crippen LogP contribution in [-0.2, 0) is 0 Å². The Bertz CT molecular complexity index is 1070. The number of ether oxygens (including phenoxy) is 1. The van der Waals surface area contributed by atoms with E-state index >= 15 is 0 Å². The van der Waals surface area contributed by atoms with Crippen molar-refractivity contribution in [3.8, 4) is 5.75 Å². The highest BCUT2D eigenvalue weighted by Gasteiger charge is 2.21. The first-order valence-electron chi connectivity index (χ1n) is 10.1. The summed E-state index contributed by atoms with van der Waals surface area (Å²) in [6, 6.07) is 11.7. The lowest BCUT2D eigenvalue weighted by Crippen LogP contribution is -2.46. The quantitative estimate of drug-likeness (QED) is 0.597. The predicted octanol–water partition coefficient (Wildman–Crippen LogP) is 2.71. The summed E-state index contributed by atoms with van der Waals surface area (Å²) in [6.45, 7) is 0. The zero-order valence-electron chi connectivity index (χ0n) is 16.0. The fraction of sp³-hybridized carbons (Fsp3) is 0.286. The van der Waals surface area contributed by atoms with E-state index in [0.717, 1.165) is 46.2 Å². The summed E-state index contributed by atoms with van der Waals surface area (Å²) in [6.07, 6.45) is 9.69. The lowest BCUT2D eigenvalue weighted by molar-refractivity contribution is 0.157. The number of para-hydroxylation sites is 1. The minimum Gasteiger partial charge on any atom is -0.488 e. The zero-order valence-corrected chi connectivity index (χ0v) is 16.0. The second-order valence-electron chi connectivity index (χ2n) is 7.52. The van der Waals surface area contributed by atoms with Gasteiger partial charge in [-0.1, -0.05) is 24.6 Å². The molecule has 1 fully saturated rings. The van der Waals surface area contributed by atoms with Crippen LogP contribution in [0.15, 0.2) is 47.7 Å². The highest BCUT2D eigenvalue weighted by Crippen LogP contribution is 2.29. The predicted molar refractivity (Wildman–Crippen MR) is 115 cm³/mol. The van der Waals surface area contributed by atoms with Crippen molar-refractivity contribution in [2.45, 2.75) is 38.2 Å². The van der Waals surface area contributed by atoms with Crippen LogP contribution in [0.3, 0.4) is 0 Å². The number of nitrogens with one attached hydrogen (secondary N) is 2. The summed E-state index contributed by atoms with van der Waals surface area (Å²) >= 11 is 0. The van der Waals surface area contributed by atoms with Gasteiger partial charge in [-0.2, -0.15) is 5.10 Å². The van der Waals surface area contributed by atoms with Gasteiger partial charge in [-0.3, -0.25) is 0 Å². The Morgan fingerprint density at radius 1 is 1.14 bits per heavy atom. The third-order valence-electron chi connectivity index (χ3n) is 5.46. The Labute approximate surface area is 169 Å². The van der Waals surface area contributed by atoms with Gasteiger partial charge < -0.3 is 20.4 Å². The molecule has 2 aromatic carbocycles. The highest BCUT2D eigenvalue weighted by molar-refractivity contribution is 6.65. The topological polar surface area (TPSA) is 91.7 Å². The summed E-state index contributed by atoms with van der Waals surface area (Å²) in [4.78, 5) is 9.15. The van der Waals surface area contributed by atoms with Crippen LogP contribution in [0.25, 0.3) is 10.9 Å². The molecular weight excluding hydrogens is 365 g/mol. The van der Waals surface area contributed by atoms with Gasteiger partial charge in [0.15, 0.2) is 0 Å². The van der Waals surface area contributed by atoms with E-state index in [9.17, 15) is 5.02 Å². The van der Waals surface area contributed by atoms with Gasteiger partial charge in [0.1, 0.15) is 11.3 Å². The Balaban J connectivity index is 1.43. The van der Waals surface area contributed by atoms with Crippen LogP contribution < -0.4 is 20.9 Å². The maximum absolute atomic E-state index is 10.1. The molecule has 3 N–H and O–H groups in total. The van der Waals surface area contributed by atoms with E-state index in [0.29, 0.717) is 5.95 Å². The van der Waals surface area contributed by atoms with Crippen molar-refractivity contribution >= 4 is 41.3 Å². The van der Waals surface area contributed by atoms with Crippen molar-refractivity contribution in [3.63, 3.8) is 0 Å². The van der Waals surface area contributed by atoms with Crippen LogP contribution in [0.4, 0.5) is 11.6 Å². The Kier molecular flexibility index (Phi) is 4.77. The molecule has 1 aromatic heterocycles. The molecule has 29 heavy (non-hydrogen) atoms. The molecule has 0 saturated heterocycles. The second kappa shape index (κ2) is 7.71. The van der Waals surface area contributed by atoms with Gasteiger partial charge in [0.25, 0.3) is 0 Å². The van der Waals surface area contributed by atoms with Gasteiger partial charge in [-0.15, -0.1) is 0 Å². The van der Waals surface area contributed by atoms with Crippen molar-refractivity contribution in [2.75, 3.05) is 5.32 Å². The first kappa shape index (κ1) is 17.9. The van der Waals surface area contributed by atoms with Crippen LogP contribution >= 0.6 is 0 Å². The number of nitrogens with zero attached hydrogens (tertiary/aromatic N) is 3. The van der Waals surface area contributed by atoms with E-state index in [2.05, 4.69) is 20.7 Å². The second-order valence-corrected chi connectivity index (χ2v) is 7.52. The molecule has 5 rings (SSSR count). The summed E-state index contributed by atoms with van der Waals surface area (Å²) < 4.78 is 6.29. The van der Waals surface area contributed by atoms with Gasteiger partial charge in [0, 0.05) is 17.3 Å². The largest absolute Gasteiger partial charge is 0.488 e. The molecule has 1 saturated carbocycles. The molecule has 1 aliphatic heterocycles. The summed E-state index contributed by atoms with van der Waals surface area (Å²) in [5.74, 6) is 1.30. The lowest BCUT2D eigenvalue weighted by Gasteiger charge is -2.23. The number of hydrogen-bond donors (Lipinski definition) is 3. The molecule has 0 radical (unpaired) electrons. The molecule has 0 amide bonds. The summed E-state index contributed by atoms with van der Waals surface area (Å²) in [5.41, 5.74) is 3.24. The molecule has 2 aliphatic rings. The van der Waals surface area contributed by atoms with E-state index in [-0.39, 0.29) is 6.10 Å². The maximum atomic E-state index is 10.1. The molecule has 0 atom stereocenters. The van der Waals surface area contributed by atoms with E-state index < -0.39 is 7.05 Å². The molecule has 0 unspecified atom stereocenters. The molecule has 0 bridgehead atoms. The Morgan fingerprint density at radius 2 is 2.03 bits per heavy atom. The number of benzene rings is 2. The Morgan fingerprint density at radius 3 is 2.93 bits per heavy atom. The van der Waals surface area contributed by atoms with E-state index in [1.165, 1.54) is 19.3 Å². The van der Waals surface area contributed by atoms with Gasteiger partial charge in [-0.05, 0) is 54.9 Å². The zero-order chi connectivity index (χ0) is 19.6. The van der Waals surface area contributed by atoms with Crippen LogP contribution in [-0.4, -0.2) is 34.4 Å². The molecule has 0 spiro atoms. The third kappa shape index (κ3) is 3.76. The van der Waals surface area contributed by atoms with Crippen LogP contribution in [0.5, 0.6) is 5.75 Å². The van der Waals surface area contributed by atoms with Crippen molar-refractivity contribution < 1.29 is 9.76 Å². The van der Waals surface area contributed by atoms with Gasteiger partial charge in [0.05, 0.1) is 12.3 Å². The van der Waals surface area contributed by atoms with E-state index in [1.807, 2.05) is 36.4 Å². The van der Waals surface area contributed by atoms with Gasteiger partial charge >= 0.3 is 7.05 Å². The number of hydrogen-bond acceptors (Lipinski definition) is 7. The molecule has 2 heterocycles. The van der Waals surface area contributed by atoms with Crippen LogP contribution in [0.1, 0.15) is 37.7 Å². The molecule has 7 nitrogen and oxygen atoms in total. The molecule has 1 aliphatic carbocycles. The number of anilines is 2. The van der Waals surface area contributed by atoms with E-state index in [1.54, 1.807) is 12.4 Å². The van der Waals surface area contributed by atoms with Crippen LogP contribution in [0.2, 0.25) is 0 Å². The fourth-order valence-corrected chi connectivity index (χ4v) is 3.93. The smallest absolute Gasteiger partial charge is 0.464 e.